The molecule has 1 aromatic carbocycles. The first-order valence-corrected chi connectivity index (χ1v) is 7.75. The molecule has 0 radical (unpaired) electrons. The van der Waals surface area contributed by atoms with E-state index in [-0.39, 0.29) is 5.41 Å². The van der Waals surface area contributed by atoms with Gasteiger partial charge in [0.05, 0.1) is 13.2 Å². The van der Waals surface area contributed by atoms with E-state index in [0.29, 0.717) is 6.61 Å². The van der Waals surface area contributed by atoms with Gasteiger partial charge in [0.2, 0.25) is 0 Å². The second kappa shape index (κ2) is 9.40. The highest BCUT2D eigenvalue weighted by Crippen LogP contribution is 2.22. The Morgan fingerprint density at radius 3 is 2.48 bits per heavy atom. The number of ether oxygens (including phenoxy) is 1. The van der Waals surface area contributed by atoms with Crippen molar-refractivity contribution in [3.8, 4) is 0 Å². The van der Waals surface area contributed by atoms with Crippen molar-refractivity contribution in [3.05, 3.63) is 35.9 Å². The zero-order chi connectivity index (χ0) is 15.6. The van der Waals surface area contributed by atoms with Crippen molar-refractivity contribution in [2.24, 2.45) is 4.99 Å². The Balaban J connectivity index is 2.59. The van der Waals surface area contributed by atoms with Crippen LogP contribution in [-0.2, 0) is 10.2 Å². The SMILES string of the molecule is CCNC(=NCC(C)(C)c1ccccc1)NCCOCC. The summed E-state index contributed by atoms with van der Waals surface area (Å²) in [6.07, 6.45) is 0. The van der Waals surface area contributed by atoms with E-state index in [0.717, 1.165) is 32.2 Å². The Morgan fingerprint density at radius 1 is 1.14 bits per heavy atom. The van der Waals surface area contributed by atoms with Gasteiger partial charge in [0.1, 0.15) is 0 Å². The number of benzene rings is 1. The van der Waals surface area contributed by atoms with Crippen molar-refractivity contribution >= 4 is 5.96 Å². The van der Waals surface area contributed by atoms with Crippen molar-refractivity contribution in [2.75, 3.05) is 32.8 Å². The summed E-state index contributed by atoms with van der Waals surface area (Å²) in [4.78, 5) is 4.70. The van der Waals surface area contributed by atoms with Gasteiger partial charge in [0, 0.05) is 25.1 Å². The maximum atomic E-state index is 5.33. The lowest BCUT2D eigenvalue weighted by Gasteiger charge is -2.23. The molecule has 2 N–H and O–H groups in total. The molecule has 21 heavy (non-hydrogen) atoms. The van der Waals surface area contributed by atoms with E-state index < -0.39 is 0 Å². The first kappa shape index (κ1) is 17.5. The highest BCUT2D eigenvalue weighted by atomic mass is 16.5. The van der Waals surface area contributed by atoms with E-state index in [1.54, 1.807) is 0 Å². The highest BCUT2D eigenvalue weighted by Gasteiger charge is 2.19. The average Bonchev–Trinajstić information content (AvgIpc) is 2.50. The third kappa shape index (κ3) is 6.63. The van der Waals surface area contributed by atoms with E-state index >= 15 is 0 Å². The second-order valence-corrected chi connectivity index (χ2v) is 5.57. The van der Waals surface area contributed by atoms with E-state index in [1.807, 2.05) is 13.0 Å². The van der Waals surface area contributed by atoms with Crippen molar-refractivity contribution in [3.63, 3.8) is 0 Å². The summed E-state index contributed by atoms with van der Waals surface area (Å²) in [5.41, 5.74) is 1.32. The lowest BCUT2D eigenvalue weighted by molar-refractivity contribution is 0.152. The van der Waals surface area contributed by atoms with Gasteiger partial charge in [-0.15, -0.1) is 0 Å². The van der Waals surface area contributed by atoms with Gasteiger partial charge in [-0.2, -0.15) is 0 Å². The molecule has 0 aliphatic heterocycles. The predicted octanol–water partition coefficient (Wildman–Crippen LogP) is 2.56. The smallest absolute Gasteiger partial charge is 0.191 e. The molecule has 0 saturated heterocycles. The van der Waals surface area contributed by atoms with Crippen molar-refractivity contribution < 1.29 is 4.74 Å². The van der Waals surface area contributed by atoms with E-state index in [1.165, 1.54) is 5.56 Å². The van der Waals surface area contributed by atoms with E-state index in [9.17, 15) is 0 Å². The summed E-state index contributed by atoms with van der Waals surface area (Å²) in [6, 6.07) is 10.5. The Bertz CT molecular complexity index is 415. The largest absolute Gasteiger partial charge is 0.380 e. The van der Waals surface area contributed by atoms with Gasteiger partial charge in [0.25, 0.3) is 0 Å². The standard InChI is InChI=1S/C17H29N3O/c1-5-18-16(19-12-13-21-6-2)20-14-17(3,4)15-10-8-7-9-11-15/h7-11H,5-6,12-14H2,1-4H3,(H2,18,19,20). The third-order valence-corrected chi connectivity index (χ3v) is 3.27. The fourth-order valence-electron chi connectivity index (χ4n) is 1.99. The van der Waals surface area contributed by atoms with Gasteiger partial charge >= 0.3 is 0 Å². The first-order chi connectivity index (χ1) is 10.1. The fraction of sp³-hybridized carbons (Fsp3) is 0.588. The second-order valence-electron chi connectivity index (χ2n) is 5.57. The molecule has 1 rings (SSSR count). The minimum Gasteiger partial charge on any atom is -0.380 e. The van der Waals surface area contributed by atoms with Crippen molar-refractivity contribution in [2.45, 2.75) is 33.1 Å². The minimum absolute atomic E-state index is 0.0174. The van der Waals surface area contributed by atoms with Crippen LogP contribution in [0.2, 0.25) is 0 Å². The molecule has 1 aromatic rings. The average molecular weight is 291 g/mol. The van der Waals surface area contributed by atoms with Crippen LogP contribution < -0.4 is 10.6 Å². The van der Waals surface area contributed by atoms with Crippen LogP contribution in [0.3, 0.4) is 0 Å². The molecule has 0 atom stereocenters. The summed E-state index contributed by atoms with van der Waals surface area (Å²) in [6.45, 7) is 12.3. The molecule has 0 saturated carbocycles. The monoisotopic (exact) mass is 291 g/mol. The molecule has 0 amide bonds. The zero-order valence-electron chi connectivity index (χ0n) is 13.8. The minimum atomic E-state index is 0.0174. The van der Waals surface area contributed by atoms with E-state index in [2.05, 4.69) is 55.7 Å². The molecule has 0 aromatic heterocycles. The van der Waals surface area contributed by atoms with Crippen molar-refractivity contribution in [1.29, 1.82) is 0 Å². The number of aliphatic imine (C=N–C) groups is 1. The highest BCUT2D eigenvalue weighted by molar-refractivity contribution is 5.79. The number of nitrogens with zero attached hydrogens (tertiary/aromatic N) is 1. The molecule has 0 bridgehead atoms. The number of hydrogen-bond donors (Lipinski definition) is 2. The molecule has 0 unspecified atom stereocenters. The van der Waals surface area contributed by atoms with Crippen LogP contribution >= 0.6 is 0 Å². The Hall–Kier alpha value is -1.55. The van der Waals surface area contributed by atoms with Gasteiger partial charge < -0.3 is 15.4 Å². The Labute approximate surface area is 129 Å². The topological polar surface area (TPSA) is 45.7 Å². The Kier molecular flexibility index (Phi) is 7.83. The fourth-order valence-corrected chi connectivity index (χ4v) is 1.99. The van der Waals surface area contributed by atoms with Gasteiger partial charge in [0.15, 0.2) is 5.96 Å². The molecular formula is C17H29N3O. The lowest BCUT2D eigenvalue weighted by atomic mass is 9.85. The van der Waals surface area contributed by atoms with Gasteiger partial charge in [-0.3, -0.25) is 4.99 Å². The molecule has 0 aliphatic rings. The molecule has 0 aliphatic carbocycles. The number of nitrogens with one attached hydrogen (secondary N) is 2. The van der Waals surface area contributed by atoms with Crippen LogP contribution in [0.15, 0.2) is 35.3 Å². The quantitative estimate of drug-likeness (QED) is 0.439. The maximum absolute atomic E-state index is 5.33. The summed E-state index contributed by atoms with van der Waals surface area (Å²) >= 11 is 0. The number of rotatable bonds is 8. The predicted molar refractivity (Wildman–Crippen MR) is 89.9 cm³/mol. The molecular weight excluding hydrogens is 262 g/mol. The summed E-state index contributed by atoms with van der Waals surface area (Å²) in [5.74, 6) is 0.848. The molecule has 0 spiro atoms. The molecule has 4 nitrogen and oxygen atoms in total. The molecule has 0 heterocycles. The van der Waals surface area contributed by atoms with Crippen LogP contribution in [0, 0.1) is 0 Å². The van der Waals surface area contributed by atoms with E-state index in [4.69, 9.17) is 9.73 Å². The normalized spacial score (nSPS) is 12.3. The van der Waals surface area contributed by atoms with Crippen LogP contribution in [0.25, 0.3) is 0 Å². The lowest BCUT2D eigenvalue weighted by Crippen LogP contribution is -2.40. The van der Waals surface area contributed by atoms with Crippen LogP contribution in [0.4, 0.5) is 0 Å². The van der Waals surface area contributed by atoms with Crippen molar-refractivity contribution in [1.82, 2.24) is 10.6 Å². The number of hydrogen-bond acceptors (Lipinski definition) is 2. The van der Waals surface area contributed by atoms with Gasteiger partial charge in [-0.05, 0) is 19.4 Å². The molecule has 4 heteroatoms. The molecule has 0 fully saturated rings. The van der Waals surface area contributed by atoms with Crippen LogP contribution in [-0.4, -0.2) is 38.8 Å². The summed E-state index contributed by atoms with van der Waals surface area (Å²) in [5, 5.41) is 6.56. The Morgan fingerprint density at radius 2 is 1.86 bits per heavy atom. The summed E-state index contributed by atoms with van der Waals surface area (Å²) in [7, 11) is 0. The van der Waals surface area contributed by atoms with Gasteiger partial charge in [-0.1, -0.05) is 44.2 Å². The van der Waals surface area contributed by atoms with Crippen LogP contribution in [0.1, 0.15) is 33.3 Å². The summed E-state index contributed by atoms with van der Waals surface area (Å²) < 4.78 is 5.33. The third-order valence-electron chi connectivity index (χ3n) is 3.27. The van der Waals surface area contributed by atoms with Gasteiger partial charge in [-0.25, -0.2) is 0 Å². The zero-order valence-corrected chi connectivity index (χ0v) is 13.8. The van der Waals surface area contributed by atoms with Crippen LogP contribution in [0.5, 0.6) is 0 Å². The molecule has 118 valence electrons. The first-order valence-electron chi connectivity index (χ1n) is 7.75. The maximum Gasteiger partial charge on any atom is 0.191 e. The number of guanidine groups is 1.